The minimum absolute atomic E-state index is 0.00639. The summed E-state index contributed by atoms with van der Waals surface area (Å²) in [4.78, 5) is 12.7. The van der Waals surface area contributed by atoms with Crippen molar-refractivity contribution in [2.75, 3.05) is 6.61 Å². The molecule has 132 valence electrons. The molecule has 2 aromatic rings. The summed E-state index contributed by atoms with van der Waals surface area (Å²) in [6.07, 6.45) is 0.835. The Hall–Kier alpha value is -2.55. The van der Waals surface area contributed by atoms with E-state index in [2.05, 4.69) is 50.9 Å². The topological polar surface area (TPSA) is 38.3 Å². The van der Waals surface area contributed by atoms with Gasteiger partial charge in [0.05, 0.1) is 6.04 Å². The summed E-state index contributed by atoms with van der Waals surface area (Å²) in [6.45, 7) is 12.4. The number of benzene rings is 2. The average molecular weight is 337 g/mol. The number of nitrogens with one attached hydrogen (secondary N) is 1. The second-order valence-electron chi connectivity index (χ2n) is 6.57. The zero-order valence-corrected chi connectivity index (χ0v) is 15.6. The van der Waals surface area contributed by atoms with Crippen molar-refractivity contribution >= 4 is 5.91 Å². The molecule has 25 heavy (non-hydrogen) atoms. The van der Waals surface area contributed by atoms with Crippen LogP contribution in [-0.2, 0) is 0 Å². The summed E-state index contributed by atoms with van der Waals surface area (Å²) in [7, 11) is 0. The summed E-state index contributed by atoms with van der Waals surface area (Å²) < 4.78 is 5.63. The smallest absolute Gasteiger partial charge is 0.251 e. The molecule has 1 amide bonds. The van der Waals surface area contributed by atoms with Gasteiger partial charge in [-0.15, -0.1) is 0 Å². The zero-order chi connectivity index (χ0) is 18.4. The number of ether oxygens (including phenoxy) is 1. The Morgan fingerprint density at radius 2 is 1.96 bits per heavy atom. The van der Waals surface area contributed by atoms with E-state index >= 15 is 0 Å². The third-order valence-corrected chi connectivity index (χ3v) is 4.10. The van der Waals surface area contributed by atoms with E-state index in [-0.39, 0.29) is 11.9 Å². The van der Waals surface area contributed by atoms with Crippen LogP contribution in [0.2, 0.25) is 0 Å². The van der Waals surface area contributed by atoms with Crippen LogP contribution < -0.4 is 10.1 Å². The van der Waals surface area contributed by atoms with Gasteiger partial charge < -0.3 is 10.1 Å². The molecule has 2 rings (SSSR count). The number of amides is 1. The quantitative estimate of drug-likeness (QED) is 0.711. The third kappa shape index (κ3) is 5.21. The molecule has 0 unspecified atom stereocenters. The lowest BCUT2D eigenvalue weighted by Crippen LogP contribution is -2.28. The van der Waals surface area contributed by atoms with Gasteiger partial charge in [-0.25, -0.2) is 0 Å². The van der Waals surface area contributed by atoms with Crippen LogP contribution in [0.15, 0.2) is 54.6 Å². The number of hydrogen-bond donors (Lipinski definition) is 1. The maximum Gasteiger partial charge on any atom is 0.251 e. The number of rotatable bonds is 7. The SMILES string of the molecule is C=C(C)COc1cccc(C(=O)N[C@H](CC)c2ccc(C)cc2C)c1. The van der Waals surface area contributed by atoms with Crippen molar-refractivity contribution in [3.8, 4) is 5.75 Å². The van der Waals surface area contributed by atoms with Crippen LogP contribution in [0.5, 0.6) is 5.75 Å². The molecule has 0 spiro atoms. The number of aryl methyl sites for hydroxylation is 2. The summed E-state index contributed by atoms with van der Waals surface area (Å²) in [5.74, 6) is 0.586. The summed E-state index contributed by atoms with van der Waals surface area (Å²) in [5, 5.41) is 3.14. The Morgan fingerprint density at radius 1 is 1.20 bits per heavy atom. The standard InChI is InChI=1S/C22H27NO2/c1-6-21(20-11-10-16(4)12-17(20)5)23-22(24)18-8-7-9-19(13-18)25-14-15(2)3/h7-13,21H,2,6,14H2,1,3-5H3,(H,23,24)/t21-/m1/s1. The number of carbonyl (C=O) groups excluding carboxylic acids is 1. The van der Waals surface area contributed by atoms with Gasteiger partial charge >= 0.3 is 0 Å². The molecule has 1 atom stereocenters. The molecule has 3 nitrogen and oxygen atoms in total. The van der Waals surface area contributed by atoms with Crippen LogP contribution in [0.3, 0.4) is 0 Å². The van der Waals surface area contributed by atoms with Crippen molar-refractivity contribution in [3.05, 3.63) is 76.9 Å². The Kier molecular flexibility index (Phi) is 6.40. The molecular formula is C22H27NO2. The van der Waals surface area contributed by atoms with E-state index in [0.717, 1.165) is 17.6 Å². The fraction of sp³-hybridized carbons (Fsp3) is 0.318. The van der Waals surface area contributed by atoms with E-state index < -0.39 is 0 Å². The van der Waals surface area contributed by atoms with Gasteiger partial charge in [0.15, 0.2) is 0 Å². The highest BCUT2D eigenvalue weighted by atomic mass is 16.5. The molecule has 2 aromatic carbocycles. The van der Waals surface area contributed by atoms with Gasteiger partial charge in [-0.3, -0.25) is 4.79 Å². The molecule has 3 heteroatoms. The number of hydrogen-bond acceptors (Lipinski definition) is 2. The van der Waals surface area contributed by atoms with Crippen molar-refractivity contribution < 1.29 is 9.53 Å². The largest absolute Gasteiger partial charge is 0.489 e. The lowest BCUT2D eigenvalue weighted by Gasteiger charge is -2.20. The Labute approximate surface area is 150 Å². The van der Waals surface area contributed by atoms with Gasteiger partial charge in [-0.1, -0.05) is 43.3 Å². The normalized spacial score (nSPS) is 11.7. The Morgan fingerprint density at radius 3 is 2.60 bits per heavy atom. The minimum Gasteiger partial charge on any atom is -0.489 e. The highest BCUT2D eigenvalue weighted by Gasteiger charge is 2.16. The van der Waals surface area contributed by atoms with E-state index in [9.17, 15) is 4.79 Å². The molecule has 0 saturated carbocycles. The van der Waals surface area contributed by atoms with Crippen molar-refractivity contribution in [2.45, 2.75) is 40.2 Å². The second kappa shape index (κ2) is 8.52. The maximum atomic E-state index is 12.7. The highest BCUT2D eigenvalue weighted by molar-refractivity contribution is 5.94. The van der Waals surface area contributed by atoms with E-state index in [1.165, 1.54) is 11.1 Å². The van der Waals surface area contributed by atoms with Gasteiger partial charge in [0.25, 0.3) is 5.91 Å². The molecule has 0 aliphatic carbocycles. The first-order valence-electron chi connectivity index (χ1n) is 8.66. The van der Waals surface area contributed by atoms with Crippen LogP contribution in [0.25, 0.3) is 0 Å². The first-order chi connectivity index (χ1) is 11.9. The molecule has 0 heterocycles. The van der Waals surface area contributed by atoms with Gasteiger partial charge in [0.1, 0.15) is 12.4 Å². The van der Waals surface area contributed by atoms with Gasteiger partial charge in [-0.2, -0.15) is 0 Å². The van der Waals surface area contributed by atoms with Crippen LogP contribution in [0, 0.1) is 13.8 Å². The highest BCUT2D eigenvalue weighted by Crippen LogP contribution is 2.23. The molecule has 0 aliphatic heterocycles. The summed E-state index contributed by atoms with van der Waals surface area (Å²) in [5.41, 5.74) is 5.13. The lowest BCUT2D eigenvalue weighted by molar-refractivity contribution is 0.0935. The van der Waals surface area contributed by atoms with Crippen LogP contribution in [0.4, 0.5) is 0 Å². The summed E-state index contributed by atoms with van der Waals surface area (Å²) in [6, 6.07) is 13.6. The maximum absolute atomic E-state index is 12.7. The molecule has 1 N–H and O–H groups in total. The fourth-order valence-corrected chi connectivity index (χ4v) is 2.79. The minimum atomic E-state index is -0.0902. The predicted molar refractivity (Wildman–Crippen MR) is 103 cm³/mol. The van der Waals surface area contributed by atoms with Crippen LogP contribution in [0.1, 0.15) is 53.4 Å². The fourth-order valence-electron chi connectivity index (χ4n) is 2.79. The summed E-state index contributed by atoms with van der Waals surface area (Å²) >= 11 is 0. The molecule has 0 aliphatic rings. The monoisotopic (exact) mass is 337 g/mol. The van der Waals surface area contributed by atoms with Crippen LogP contribution in [-0.4, -0.2) is 12.5 Å². The zero-order valence-electron chi connectivity index (χ0n) is 15.6. The van der Waals surface area contributed by atoms with Gasteiger partial charge in [-0.05, 0) is 62.1 Å². The molecule has 0 fully saturated rings. The van der Waals surface area contributed by atoms with E-state index in [0.29, 0.717) is 17.9 Å². The van der Waals surface area contributed by atoms with E-state index in [1.54, 1.807) is 12.1 Å². The Bertz CT molecular complexity index is 764. The molecule has 0 radical (unpaired) electrons. The predicted octanol–water partition coefficient (Wildman–Crippen LogP) is 5.14. The van der Waals surface area contributed by atoms with Crippen molar-refractivity contribution in [2.24, 2.45) is 0 Å². The van der Waals surface area contributed by atoms with Crippen molar-refractivity contribution in [1.82, 2.24) is 5.32 Å². The second-order valence-corrected chi connectivity index (χ2v) is 6.57. The van der Waals surface area contributed by atoms with Gasteiger partial charge in [0.2, 0.25) is 0 Å². The van der Waals surface area contributed by atoms with Crippen molar-refractivity contribution in [1.29, 1.82) is 0 Å². The van der Waals surface area contributed by atoms with Crippen LogP contribution >= 0.6 is 0 Å². The molecule has 0 bridgehead atoms. The first-order valence-corrected chi connectivity index (χ1v) is 8.66. The Balaban J connectivity index is 2.14. The molecule has 0 saturated heterocycles. The van der Waals surface area contributed by atoms with E-state index in [1.807, 2.05) is 19.1 Å². The third-order valence-electron chi connectivity index (χ3n) is 4.10. The lowest BCUT2D eigenvalue weighted by atomic mass is 9.97. The van der Waals surface area contributed by atoms with Crippen molar-refractivity contribution in [3.63, 3.8) is 0 Å². The first kappa shape index (κ1) is 18.8. The van der Waals surface area contributed by atoms with E-state index in [4.69, 9.17) is 4.74 Å². The average Bonchev–Trinajstić information content (AvgIpc) is 2.58. The van der Waals surface area contributed by atoms with Gasteiger partial charge in [0, 0.05) is 5.56 Å². The molecule has 0 aromatic heterocycles. The number of carbonyl (C=O) groups is 1. The molecular weight excluding hydrogens is 310 g/mol.